The molecule has 2 rings (SSSR count). The molecule has 0 amide bonds. The lowest BCUT2D eigenvalue weighted by molar-refractivity contribution is 0.300. The highest BCUT2D eigenvalue weighted by Crippen LogP contribution is 2.29. The summed E-state index contributed by atoms with van der Waals surface area (Å²) in [5.74, 6) is 0.939. The van der Waals surface area contributed by atoms with Gasteiger partial charge in [0.1, 0.15) is 0 Å². The minimum atomic E-state index is 0.143. The van der Waals surface area contributed by atoms with E-state index in [9.17, 15) is 0 Å². The summed E-state index contributed by atoms with van der Waals surface area (Å²) >= 11 is 0. The van der Waals surface area contributed by atoms with E-state index in [0.717, 1.165) is 12.5 Å². The van der Waals surface area contributed by atoms with Crippen LogP contribution >= 0.6 is 0 Å². The van der Waals surface area contributed by atoms with Gasteiger partial charge < -0.3 is 10.6 Å². The highest BCUT2D eigenvalue weighted by Gasteiger charge is 2.23. The van der Waals surface area contributed by atoms with Crippen molar-refractivity contribution < 1.29 is 0 Å². The van der Waals surface area contributed by atoms with Crippen LogP contribution in [-0.4, -0.2) is 25.0 Å². The lowest BCUT2D eigenvalue weighted by Gasteiger charge is -2.22. The number of rotatable bonds is 5. The summed E-state index contributed by atoms with van der Waals surface area (Å²) in [6, 6.07) is 8.56. The molecule has 1 aromatic carbocycles. The molecule has 1 aliphatic rings. The summed E-state index contributed by atoms with van der Waals surface area (Å²) in [7, 11) is 2.18. The van der Waals surface area contributed by atoms with Crippen molar-refractivity contribution in [3.05, 3.63) is 35.4 Å². The topological polar surface area (TPSA) is 29.3 Å². The van der Waals surface area contributed by atoms with Gasteiger partial charge in [0, 0.05) is 19.1 Å². The number of nitrogens with two attached hydrogens (primary N) is 1. The van der Waals surface area contributed by atoms with Crippen molar-refractivity contribution >= 4 is 0 Å². The second-order valence-corrected chi connectivity index (χ2v) is 5.13. The highest BCUT2D eigenvalue weighted by molar-refractivity contribution is 5.28. The average Bonchev–Trinajstić information content (AvgIpc) is 3.01. The van der Waals surface area contributed by atoms with Crippen molar-refractivity contribution in [3.8, 4) is 0 Å². The largest absolute Gasteiger partial charge is 0.323 e. The smallest absolute Gasteiger partial charge is 0.0426 e. The lowest BCUT2D eigenvalue weighted by atomic mass is 10.0. The minimum Gasteiger partial charge on any atom is -0.323 e. The summed E-state index contributed by atoms with van der Waals surface area (Å²) in [6.07, 6.45) is 2.81. The first-order valence-corrected chi connectivity index (χ1v) is 6.16. The van der Waals surface area contributed by atoms with Gasteiger partial charge in [-0.2, -0.15) is 0 Å². The highest BCUT2D eigenvalue weighted by atomic mass is 15.1. The van der Waals surface area contributed by atoms with Gasteiger partial charge >= 0.3 is 0 Å². The lowest BCUT2D eigenvalue weighted by Crippen LogP contribution is -2.30. The predicted molar refractivity (Wildman–Crippen MR) is 68.3 cm³/mol. The van der Waals surface area contributed by atoms with Gasteiger partial charge in [-0.05, 0) is 43.9 Å². The molecule has 2 heteroatoms. The van der Waals surface area contributed by atoms with Crippen LogP contribution in [0.4, 0.5) is 0 Å². The van der Waals surface area contributed by atoms with Crippen LogP contribution in [0.5, 0.6) is 0 Å². The third kappa shape index (κ3) is 3.06. The molecule has 0 radical (unpaired) electrons. The molecule has 0 saturated heterocycles. The number of hydrogen-bond acceptors (Lipinski definition) is 2. The molecule has 1 aromatic rings. The fraction of sp³-hybridized carbons (Fsp3) is 0.571. The molecule has 88 valence electrons. The maximum absolute atomic E-state index is 6.25. The van der Waals surface area contributed by atoms with Gasteiger partial charge in [-0.25, -0.2) is 0 Å². The SMILES string of the molecule is Cc1ccccc1C(N)CN(C)CC1CC1. The van der Waals surface area contributed by atoms with Gasteiger partial charge in [-0.15, -0.1) is 0 Å². The summed E-state index contributed by atoms with van der Waals surface area (Å²) < 4.78 is 0. The van der Waals surface area contributed by atoms with E-state index in [0.29, 0.717) is 0 Å². The van der Waals surface area contributed by atoms with Crippen molar-refractivity contribution in [1.82, 2.24) is 4.90 Å². The zero-order valence-electron chi connectivity index (χ0n) is 10.3. The third-order valence-corrected chi connectivity index (χ3v) is 3.36. The van der Waals surface area contributed by atoms with Gasteiger partial charge in [0.15, 0.2) is 0 Å². The number of hydrogen-bond donors (Lipinski definition) is 1. The zero-order chi connectivity index (χ0) is 11.5. The molecule has 16 heavy (non-hydrogen) atoms. The molecule has 1 fully saturated rings. The first kappa shape index (κ1) is 11.6. The fourth-order valence-corrected chi connectivity index (χ4v) is 2.25. The summed E-state index contributed by atoms with van der Waals surface area (Å²) in [6.45, 7) is 4.30. The Morgan fingerprint density at radius 2 is 2.06 bits per heavy atom. The molecule has 2 nitrogen and oxygen atoms in total. The maximum Gasteiger partial charge on any atom is 0.0426 e. The van der Waals surface area contributed by atoms with E-state index in [-0.39, 0.29) is 6.04 Å². The normalized spacial score (nSPS) is 17.8. The molecule has 2 N–H and O–H groups in total. The molecule has 0 heterocycles. The zero-order valence-corrected chi connectivity index (χ0v) is 10.3. The number of nitrogens with zero attached hydrogens (tertiary/aromatic N) is 1. The Kier molecular flexibility index (Phi) is 3.62. The Hall–Kier alpha value is -0.860. The second kappa shape index (κ2) is 4.98. The Morgan fingerprint density at radius 3 is 2.69 bits per heavy atom. The molecule has 0 aliphatic heterocycles. The number of benzene rings is 1. The van der Waals surface area contributed by atoms with Gasteiger partial charge in [-0.3, -0.25) is 0 Å². The molecular formula is C14H22N2. The second-order valence-electron chi connectivity index (χ2n) is 5.13. The molecular weight excluding hydrogens is 196 g/mol. The number of likely N-dealkylation sites (N-methyl/N-ethyl adjacent to an activating group) is 1. The van der Waals surface area contributed by atoms with Gasteiger partial charge in [0.25, 0.3) is 0 Å². The van der Waals surface area contributed by atoms with Crippen LogP contribution in [-0.2, 0) is 0 Å². The van der Waals surface area contributed by atoms with E-state index < -0.39 is 0 Å². The molecule has 0 bridgehead atoms. The Morgan fingerprint density at radius 1 is 1.38 bits per heavy atom. The van der Waals surface area contributed by atoms with Crippen LogP contribution in [0.15, 0.2) is 24.3 Å². The van der Waals surface area contributed by atoms with Crippen LogP contribution in [0.2, 0.25) is 0 Å². The molecule has 1 atom stereocenters. The minimum absolute atomic E-state index is 0.143. The Balaban J connectivity index is 1.91. The number of aryl methyl sites for hydroxylation is 1. The predicted octanol–water partition coefficient (Wildman–Crippen LogP) is 2.34. The first-order valence-electron chi connectivity index (χ1n) is 6.16. The Bertz CT molecular complexity index is 344. The van der Waals surface area contributed by atoms with E-state index >= 15 is 0 Å². The van der Waals surface area contributed by atoms with Crippen molar-refractivity contribution in [1.29, 1.82) is 0 Å². The molecule has 1 saturated carbocycles. The molecule has 1 aliphatic carbocycles. The van der Waals surface area contributed by atoms with Crippen LogP contribution in [0, 0.1) is 12.8 Å². The maximum atomic E-state index is 6.25. The summed E-state index contributed by atoms with van der Waals surface area (Å²) in [5.41, 5.74) is 8.83. The van der Waals surface area contributed by atoms with E-state index in [2.05, 4.69) is 43.1 Å². The van der Waals surface area contributed by atoms with Crippen molar-refractivity contribution in [2.24, 2.45) is 11.7 Å². The standard InChI is InChI=1S/C14H22N2/c1-11-5-3-4-6-13(11)14(15)10-16(2)9-12-7-8-12/h3-6,12,14H,7-10,15H2,1-2H3. The monoisotopic (exact) mass is 218 g/mol. The third-order valence-electron chi connectivity index (χ3n) is 3.36. The van der Waals surface area contributed by atoms with Crippen molar-refractivity contribution in [2.45, 2.75) is 25.8 Å². The molecule has 1 unspecified atom stereocenters. The first-order chi connectivity index (χ1) is 7.66. The summed E-state index contributed by atoms with van der Waals surface area (Å²) in [5, 5.41) is 0. The van der Waals surface area contributed by atoms with Crippen LogP contribution < -0.4 is 5.73 Å². The van der Waals surface area contributed by atoms with Crippen molar-refractivity contribution in [3.63, 3.8) is 0 Å². The van der Waals surface area contributed by atoms with E-state index in [1.54, 1.807) is 0 Å². The summed E-state index contributed by atoms with van der Waals surface area (Å²) in [4.78, 5) is 2.37. The van der Waals surface area contributed by atoms with Crippen LogP contribution in [0.25, 0.3) is 0 Å². The molecule has 0 aromatic heterocycles. The van der Waals surface area contributed by atoms with Gasteiger partial charge in [0.05, 0.1) is 0 Å². The van der Waals surface area contributed by atoms with Crippen molar-refractivity contribution in [2.75, 3.05) is 20.1 Å². The van der Waals surface area contributed by atoms with Crippen LogP contribution in [0.3, 0.4) is 0 Å². The molecule has 0 spiro atoms. The van der Waals surface area contributed by atoms with E-state index in [1.165, 1.54) is 30.5 Å². The van der Waals surface area contributed by atoms with Gasteiger partial charge in [-0.1, -0.05) is 24.3 Å². The Labute approximate surface area is 98.4 Å². The van der Waals surface area contributed by atoms with E-state index in [1.807, 2.05) is 0 Å². The van der Waals surface area contributed by atoms with E-state index in [4.69, 9.17) is 5.73 Å². The van der Waals surface area contributed by atoms with Crippen LogP contribution in [0.1, 0.15) is 30.0 Å². The van der Waals surface area contributed by atoms with Gasteiger partial charge in [0.2, 0.25) is 0 Å². The quantitative estimate of drug-likeness (QED) is 0.822. The average molecular weight is 218 g/mol. The fourth-order valence-electron chi connectivity index (χ4n) is 2.25.